The molecule has 138 valence electrons. The Morgan fingerprint density at radius 1 is 1.56 bits per heavy atom. The third-order valence-corrected chi connectivity index (χ3v) is 3.80. The van der Waals surface area contributed by atoms with Crippen molar-refractivity contribution in [1.82, 2.24) is 30.3 Å². The third kappa shape index (κ3) is 5.56. The normalized spacial score (nSPS) is 16.9. The van der Waals surface area contributed by atoms with E-state index < -0.39 is 0 Å². The van der Waals surface area contributed by atoms with Crippen LogP contribution in [-0.2, 0) is 29.1 Å². The van der Waals surface area contributed by atoms with Crippen molar-refractivity contribution in [2.75, 3.05) is 34.3 Å². The van der Waals surface area contributed by atoms with E-state index in [0.717, 1.165) is 18.7 Å². The fraction of sp³-hybridized carbons (Fsp3) is 0.625. The lowest BCUT2D eigenvalue weighted by atomic mass is 10.1. The van der Waals surface area contributed by atoms with Gasteiger partial charge in [0, 0.05) is 40.2 Å². The van der Waals surface area contributed by atoms with Crippen LogP contribution in [0.5, 0.6) is 0 Å². The lowest BCUT2D eigenvalue weighted by molar-refractivity contribution is -0.127. The van der Waals surface area contributed by atoms with Crippen molar-refractivity contribution in [1.29, 1.82) is 0 Å². The Morgan fingerprint density at radius 2 is 2.36 bits per heavy atom. The number of aryl methyl sites for hydroxylation is 1. The molecular formula is C16H27N7O2. The summed E-state index contributed by atoms with van der Waals surface area (Å²) in [7, 11) is 5.06. The average Bonchev–Trinajstić information content (AvgIpc) is 2.98. The van der Waals surface area contributed by atoms with Crippen LogP contribution in [-0.4, -0.2) is 71.9 Å². The maximum Gasteiger partial charge on any atom is 0.243 e. The van der Waals surface area contributed by atoms with Crippen LogP contribution in [0.4, 0.5) is 0 Å². The van der Waals surface area contributed by atoms with Crippen LogP contribution in [0.25, 0.3) is 0 Å². The highest BCUT2D eigenvalue weighted by molar-refractivity contribution is 5.85. The van der Waals surface area contributed by atoms with Crippen LogP contribution in [0, 0.1) is 0 Å². The number of hydrogen-bond donors (Lipinski definition) is 2. The molecule has 1 aromatic heterocycles. The molecule has 1 atom stereocenters. The van der Waals surface area contributed by atoms with Crippen molar-refractivity contribution >= 4 is 11.9 Å². The van der Waals surface area contributed by atoms with Crippen LogP contribution in [0.15, 0.2) is 17.6 Å². The van der Waals surface area contributed by atoms with E-state index in [9.17, 15) is 4.79 Å². The topological polar surface area (TPSA) is 96.7 Å². The van der Waals surface area contributed by atoms with Gasteiger partial charge in [-0.05, 0) is 6.42 Å². The minimum atomic E-state index is -0.0499. The molecule has 0 saturated carbocycles. The number of amides is 1. The molecule has 2 heterocycles. The van der Waals surface area contributed by atoms with E-state index in [2.05, 4.69) is 32.3 Å². The van der Waals surface area contributed by atoms with Crippen molar-refractivity contribution in [2.24, 2.45) is 4.99 Å². The number of likely N-dealkylation sites (N-methyl/N-ethyl adjacent to an activating group) is 1. The Kier molecular flexibility index (Phi) is 6.93. The van der Waals surface area contributed by atoms with Gasteiger partial charge in [0.2, 0.25) is 5.91 Å². The molecule has 1 aromatic rings. The zero-order valence-electron chi connectivity index (χ0n) is 15.2. The second kappa shape index (κ2) is 9.16. The third-order valence-electron chi connectivity index (χ3n) is 3.80. The van der Waals surface area contributed by atoms with Gasteiger partial charge >= 0.3 is 0 Å². The first-order valence-electron chi connectivity index (χ1n) is 8.31. The summed E-state index contributed by atoms with van der Waals surface area (Å²) < 4.78 is 6.99. The molecule has 25 heavy (non-hydrogen) atoms. The summed E-state index contributed by atoms with van der Waals surface area (Å²) in [6.45, 7) is 5.48. The van der Waals surface area contributed by atoms with Gasteiger partial charge < -0.3 is 20.3 Å². The molecule has 1 aliphatic rings. The highest BCUT2D eigenvalue weighted by Gasteiger charge is 2.22. The molecule has 0 spiro atoms. The van der Waals surface area contributed by atoms with Gasteiger partial charge in [-0.3, -0.25) is 4.79 Å². The Labute approximate surface area is 148 Å². The zero-order valence-corrected chi connectivity index (χ0v) is 15.2. The lowest BCUT2D eigenvalue weighted by Gasteiger charge is -2.25. The van der Waals surface area contributed by atoms with Gasteiger partial charge in [-0.25, -0.2) is 14.7 Å². The van der Waals surface area contributed by atoms with Crippen LogP contribution >= 0.6 is 0 Å². The van der Waals surface area contributed by atoms with Crippen molar-refractivity contribution in [2.45, 2.75) is 32.0 Å². The molecular weight excluding hydrogens is 322 g/mol. The first-order chi connectivity index (χ1) is 12.0. The Morgan fingerprint density at radius 3 is 3.04 bits per heavy atom. The number of aromatic nitrogens is 3. The number of guanidine groups is 1. The van der Waals surface area contributed by atoms with Gasteiger partial charge in [0.1, 0.15) is 19.0 Å². The fourth-order valence-corrected chi connectivity index (χ4v) is 2.47. The number of ether oxygens (including phenoxy) is 1. The van der Waals surface area contributed by atoms with Crippen LogP contribution in [0.1, 0.15) is 18.1 Å². The van der Waals surface area contributed by atoms with Crippen molar-refractivity contribution in [3.8, 4) is 0 Å². The standard InChI is InChI=1S/C16H27N7O2/c1-5-8-17-16(18-9-15(24)22(2)3)19-12-6-7-14-20-13(11-25-4)21-23(14)10-12/h5,12H,1,6-11H2,2-4H3,(H2,17,18,19). The van der Waals surface area contributed by atoms with E-state index in [1.165, 1.54) is 4.90 Å². The zero-order chi connectivity index (χ0) is 18.2. The fourth-order valence-electron chi connectivity index (χ4n) is 2.47. The van der Waals surface area contributed by atoms with Gasteiger partial charge in [0.25, 0.3) is 0 Å². The lowest BCUT2D eigenvalue weighted by Crippen LogP contribution is -2.47. The number of hydrogen-bond acceptors (Lipinski definition) is 5. The van der Waals surface area contributed by atoms with Crippen LogP contribution in [0.2, 0.25) is 0 Å². The number of aliphatic imine (C=N–C) groups is 1. The SMILES string of the molecule is C=CCNC(=NCC(=O)N(C)C)NC1CCc2nc(COC)nn2C1. The molecule has 0 bridgehead atoms. The smallest absolute Gasteiger partial charge is 0.243 e. The summed E-state index contributed by atoms with van der Waals surface area (Å²) >= 11 is 0. The maximum absolute atomic E-state index is 11.8. The molecule has 2 N–H and O–H groups in total. The molecule has 0 fully saturated rings. The number of nitrogens with zero attached hydrogens (tertiary/aromatic N) is 5. The van der Waals surface area contributed by atoms with E-state index in [1.807, 2.05) is 4.68 Å². The summed E-state index contributed by atoms with van der Waals surface area (Å²) in [6.07, 6.45) is 3.50. The molecule has 9 heteroatoms. The maximum atomic E-state index is 11.8. The van der Waals surface area contributed by atoms with Gasteiger partial charge in [0.05, 0.1) is 6.54 Å². The van der Waals surface area contributed by atoms with Crippen LogP contribution < -0.4 is 10.6 Å². The monoisotopic (exact) mass is 349 g/mol. The minimum Gasteiger partial charge on any atom is -0.377 e. The summed E-state index contributed by atoms with van der Waals surface area (Å²) in [5.41, 5.74) is 0. The molecule has 0 aromatic carbocycles. The summed E-state index contributed by atoms with van der Waals surface area (Å²) in [5, 5.41) is 11.0. The summed E-state index contributed by atoms with van der Waals surface area (Å²) in [6, 6.07) is 0.162. The molecule has 1 unspecified atom stereocenters. The molecule has 0 saturated heterocycles. The number of fused-ring (bicyclic) bond motifs is 1. The summed E-state index contributed by atoms with van der Waals surface area (Å²) in [4.78, 5) is 22.1. The Hall–Kier alpha value is -2.42. The first kappa shape index (κ1) is 18.9. The second-order valence-electron chi connectivity index (χ2n) is 6.06. The molecule has 0 radical (unpaired) electrons. The molecule has 0 aliphatic carbocycles. The molecule has 9 nitrogen and oxygen atoms in total. The highest BCUT2D eigenvalue weighted by Crippen LogP contribution is 2.13. The quantitative estimate of drug-likeness (QED) is 0.393. The van der Waals surface area contributed by atoms with Crippen LogP contribution in [0.3, 0.4) is 0 Å². The molecule has 1 aliphatic heterocycles. The largest absolute Gasteiger partial charge is 0.377 e. The number of nitrogens with one attached hydrogen (secondary N) is 2. The Bertz CT molecular complexity index is 624. The summed E-state index contributed by atoms with van der Waals surface area (Å²) in [5.74, 6) is 2.23. The predicted molar refractivity (Wildman–Crippen MR) is 95.2 cm³/mol. The van der Waals surface area contributed by atoms with Crippen molar-refractivity contribution in [3.63, 3.8) is 0 Å². The first-order valence-corrected chi connectivity index (χ1v) is 8.31. The number of methoxy groups -OCH3 is 1. The van der Waals surface area contributed by atoms with Gasteiger partial charge in [0.15, 0.2) is 11.8 Å². The van der Waals surface area contributed by atoms with Gasteiger partial charge in [-0.15, -0.1) is 6.58 Å². The van der Waals surface area contributed by atoms with E-state index in [4.69, 9.17) is 4.74 Å². The number of carbonyl (C=O) groups excluding carboxylic acids is 1. The molecule has 1 amide bonds. The van der Waals surface area contributed by atoms with E-state index in [-0.39, 0.29) is 18.5 Å². The van der Waals surface area contributed by atoms with Crippen molar-refractivity contribution in [3.05, 3.63) is 24.3 Å². The second-order valence-corrected chi connectivity index (χ2v) is 6.06. The minimum absolute atomic E-state index is 0.0499. The highest BCUT2D eigenvalue weighted by atomic mass is 16.5. The van der Waals surface area contributed by atoms with Gasteiger partial charge in [-0.1, -0.05) is 6.08 Å². The predicted octanol–water partition coefficient (Wildman–Crippen LogP) is -0.451. The van der Waals surface area contributed by atoms with E-state index in [1.54, 1.807) is 27.3 Å². The number of carbonyl (C=O) groups is 1. The van der Waals surface area contributed by atoms with E-state index >= 15 is 0 Å². The average molecular weight is 349 g/mol. The van der Waals surface area contributed by atoms with Gasteiger partial charge in [-0.2, -0.15) is 5.10 Å². The number of rotatable bonds is 7. The Balaban J connectivity index is 1.99. The molecule has 2 rings (SSSR count). The van der Waals surface area contributed by atoms with E-state index in [0.29, 0.717) is 31.5 Å². The van der Waals surface area contributed by atoms with Crippen molar-refractivity contribution < 1.29 is 9.53 Å².